The van der Waals surface area contributed by atoms with Gasteiger partial charge in [0.15, 0.2) is 5.96 Å². The number of rotatable bonds is 9. The molecule has 0 saturated carbocycles. The molecule has 0 amide bonds. The van der Waals surface area contributed by atoms with Gasteiger partial charge >= 0.3 is 6.61 Å². The summed E-state index contributed by atoms with van der Waals surface area (Å²) in [6, 6.07) is 13.9. The van der Waals surface area contributed by atoms with Gasteiger partial charge in [-0.25, -0.2) is 0 Å². The fraction of sp³-hybridized carbons (Fsp3) is 0.350. The molecule has 0 radical (unpaired) electrons. The molecule has 2 aromatic carbocycles. The summed E-state index contributed by atoms with van der Waals surface area (Å²) in [5.41, 5.74) is 0.793. The standard InChI is InChI=1S/C20H25F2N3O3.HI/c1-14(27-18-9-5-7-16(11-18)26-3)12-24-20(23-2)25-13-15-6-4-8-17(10-15)28-19(21)22;/h4-11,14,19H,12-13H2,1-3H3,(H2,23,24,25);1H. The van der Waals surface area contributed by atoms with E-state index in [1.54, 1.807) is 26.3 Å². The normalized spacial score (nSPS) is 12.0. The van der Waals surface area contributed by atoms with Crippen LogP contribution in [-0.2, 0) is 6.54 Å². The molecule has 1 atom stereocenters. The molecular weight excluding hydrogens is 495 g/mol. The van der Waals surface area contributed by atoms with E-state index < -0.39 is 6.61 Å². The largest absolute Gasteiger partial charge is 0.497 e. The monoisotopic (exact) mass is 521 g/mol. The number of hydrogen-bond acceptors (Lipinski definition) is 4. The first-order valence-corrected chi connectivity index (χ1v) is 8.79. The minimum atomic E-state index is -2.84. The molecule has 2 N–H and O–H groups in total. The van der Waals surface area contributed by atoms with Crippen LogP contribution in [0.4, 0.5) is 8.78 Å². The van der Waals surface area contributed by atoms with Gasteiger partial charge in [-0.2, -0.15) is 8.78 Å². The van der Waals surface area contributed by atoms with Gasteiger partial charge in [0.05, 0.1) is 13.7 Å². The van der Waals surface area contributed by atoms with Crippen LogP contribution in [-0.4, -0.2) is 39.4 Å². The Balaban J connectivity index is 0.00000420. The van der Waals surface area contributed by atoms with E-state index in [1.807, 2.05) is 37.3 Å². The zero-order valence-electron chi connectivity index (χ0n) is 16.5. The third-order valence-electron chi connectivity index (χ3n) is 3.74. The lowest BCUT2D eigenvalue weighted by molar-refractivity contribution is -0.0498. The summed E-state index contributed by atoms with van der Waals surface area (Å²) in [5, 5.41) is 6.29. The zero-order valence-corrected chi connectivity index (χ0v) is 18.9. The predicted octanol–water partition coefficient (Wildman–Crippen LogP) is 4.05. The van der Waals surface area contributed by atoms with Gasteiger partial charge in [0, 0.05) is 19.7 Å². The second-order valence-corrected chi connectivity index (χ2v) is 5.94. The Morgan fingerprint density at radius 3 is 2.31 bits per heavy atom. The van der Waals surface area contributed by atoms with Crippen molar-refractivity contribution in [1.29, 1.82) is 0 Å². The van der Waals surface area contributed by atoms with Crippen LogP contribution >= 0.6 is 24.0 Å². The van der Waals surface area contributed by atoms with E-state index in [1.165, 1.54) is 6.07 Å². The zero-order chi connectivity index (χ0) is 20.4. The van der Waals surface area contributed by atoms with E-state index in [9.17, 15) is 8.78 Å². The summed E-state index contributed by atoms with van der Waals surface area (Å²) in [5.74, 6) is 2.14. The number of methoxy groups -OCH3 is 1. The summed E-state index contributed by atoms with van der Waals surface area (Å²) in [7, 11) is 3.26. The number of alkyl halides is 2. The van der Waals surface area contributed by atoms with Crippen LogP contribution in [0.5, 0.6) is 17.2 Å². The molecule has 0 spiro atoms. The second kappa shape index (κ2) is 13.0. The molecule has 0 bridgehead atoms. The summed E-state index contributed by atoms with van der Waals surface area (Å²) in [6.07, 6.45) is -0.117. The molecule has 9 heteroatoms. The fourth-order valence-corrected chi connectivity index (χ4v) is 2.43. The van der Waals surface area contributed by atoms with Crippen molar-refractivity contribution in [3.63, 3.8) is 0 Å². The molecule has 2 aromatic rings. The summed E-state index contributed by atoms with van der Waals surface area (Å²) < 4.78 is 40.1. The van der Waals surface area contributed by atoms with Gasteiger partial charge in [0.25, 0.3) is 0 Å². The highest BCUT2D eigenvalue weighted by Gasteiger charge is 2.08. The van der Waals surface area contributed by atoms with Gasteiger partial charge in [-0.15, -0.1) is 24.0 Å². The summed E-state index contributed by atoms with van der Waals surface area (Å²) in [4.78, 5) is 4.15. The molecule has 29 heavy (non-hydrogen) atoms. The molecule has 0 heterocycles. The van der Waals surface area contributed by atoms with Crippen molar-refractivity contribution in [1.82, 2.24) is 10.6 Å². The SMILES string of the molecule is CN=C(NCc1cccc(OC(F)F)c1)NCC(C)Oc1cccc(OC)c1.I. The van der Waals surface area contributed by atoms with Crippen molar-refractivity contribution >= 4 is 29.9 Å². The third kappa shape index (κ3) is 9.16. The first-order chi connectivity index (χ1) is 13.5. The van der Waals surface area contributed by atoms with E-state index in [4.69, 9.17) is 9.47 Å². The smallest absolute Gasteiger partial charge is 0.387 e. The van der Waals surface area contributed by atoms with Crippen molar-refractivity contribution in [2.24, 2.45) is 4.99 Å². The minimum absolute atomic E-state index is 0. The number of halogens is 3. The topological polar surface area (TPSA) is 64.1 Å². The maximum Gasteiger partial charge on any atom is 0.387 e. The van der Waals surface area contributed by atoms with E-state index in [-0.39, 0.29) is 35.8 Å². The van der Waals surface area contributed by atoms with Gasteiger partial charge in [0.2, 0.25) is 0 Å². The lowest BCUT2D eigenvalue weighted by Gasteiger charge is -2.18. The van der Waals surface area contributed by atoms with Crippen LogP contribution in [0.25, 0.3) is 0 Å². The maximum atomic E-state index is 12.3. The number of ether oxygens (including phenoxy) is 3. The second-order valence-electron chi connectivity index (χ2n) is 5.94. The van der Waals surface area contributed by atoms with Crippen LogP contribution in [0.2, 0.25) is 0 Å². The Morgan fingerprint density at radius 2 is 1.66 bits per heavy atom. The average molecular weight is 521 g/mol. The Labute approximate surface area is 186 Å². The molecule has 160 valence electrons. The Morgan fingerprint density at radius 1 is 1.00 bits per heavy atom. The van der Waals surface area contributed by atoms with Gasteiger partial charge in [0.1, 0.15) is 23.4 Å². The van der Waals surface area contributed by atoms with Gasteiger partial charge in [-0.05, 0) is 36.8 Å². The van der Waals surface area contributed by atoms with E-state index in [0.717, 1.165) is 11.3 Å². The van der Waals surface area contributed by atoms with Crippen molar-refractivity contribution in [2.75, 3.05) is 20.7 Å². The van der Waals surface area contributed by atoms with Crippen LogP contribution in [0.3, 0.4) is 0 Å². The molecule has 0 aliphatic heterocycles. The molecule has 0 aromatic heterocycles. The third-order valence-corrected chi connectivity index (χ3v) is 3.74. The van der Waals surface area contributed by atoms with Crippen LogP contribution in [0.15, 0.2) is 53.5 Å². The summed E-state index contributed by atoms with van der Waals surface area (Å²) in [6.45, 7) is 0.0189. The Hall–Kier alpha value is -2.30. The highest BCUT2D eigenvalue weighted by atomic mass is 127. The number of nitrogens with zero attached hydrogens (tertiary/aromatic N) is 1. The lowest BCUT2D eigenvalue weighted by atomic mass is 10.2. The predicted molar refractivity (Wildman–Crippen MR) is 120 cm³/mol. The van der Waals surface area contributed by atoms with Gasteiger partial charge in [-0.1, -0.05) is 18.2 Å². The number of aliphatic imine (C=N–C) groups is 1. The number of nitrogens with one attached hydrogen (secondary N) is 2. The average Bonchev–Trinajstić information content (AvgIpc) is 2.68. The van der Waals surface area contributed by atoms with E-state index in [0.29, 0.717) is 24.8 Å². The van der Waals surface area contributed by atoms with Crippen molar-refractivity contribution in [2.45, 2.75) is 26.2 Å². The molecule has 0 fully saturated rings. The summed E-state index contributed by atoms with van der Waals surface area (Å²) >= 11 is 0. The molecule has 0 aliphatic carbocycles. The van der Waals surface area contributed by atoms with Crippen LogP contribution in [0.1, 0.15) is 12.5 Å². The van der Waals surface area contributed by atoms with E-state index in [2.05, 4.69) is 20.4 Å². The Kier molecular flexibility index (Phi) is 11.1. The first kappa shape index (κ1) is 24.7. The molecular formula is C20H26F2IN3O3. The maximum absolute atomic E-state index is 12.3. The van der Waals surface area contributed by atoms with Gasteiger partial charge in [-0.3, -0.25) is 4.99 Å². The first-order valence-electron chi connectivity index (χ1n) is 8.79. The number of benzene rings is 2. The number of guanidine groups is 1. The molecule has 2 rings (SSSR count). The lowest BCUT2D eigenvalue weighted by Crippen LogP contribution is -2.41. The minimum Gasteiger partial charge on any atom is -0.497 e. The number of hydrogen-bond donors (Lipinski definition) is 2. The highest BCUT2D eigenvalue weighted by molar-refractivity contribution is 14.0. The Bertz CT molecular complexity index is 778. The molecule has 0 saturated heterocycles. The molecule has 6 nitrogen and oxygen atoms in total. The molecule has 1 unspecified atom stereocenters. The van der Waals surface area contributed by atoms with Crippen molar-refractivity contribution < 1.29 is 23.0 Å². The quantitative estimate of drug-likeness (QED) is 0.296. The van der Waals surface area contributed by atoms with Gasteiger partial charge < -0.3 is 24.8 Å². The fourth-order valence-electron chi connectivity index (χ4n) is 2.43. The highest BCUT2D eigenvalue weighted by Crippen LogP contribution is 2.19. The van der Waals surface area contributed by atoms with E-state index >= 15 is 0 Å². The van der Waals surface area contributed by atoms with Crippen molar-refractivity contribution in [3.8, 4) is 17.2 Å². The van der Waals surface area contributed by atoms with Crippen LogP contribution in [0, 0.1) is 0 Å². The van der Waals surface area contributed by atoms with Crippen molar-refractivity contribution in [3.05, 3.63) is 54.1 Å². The molecule has 0 aliphatic rings. The van der Waals surface area contributed by atoms with Crippen LogP contribution < -0.4 is 24.8 Å².